The van der Waals surface area contributed by atoms with Gasteiger partial charge in [-0.15, -0.1) is 0 Å². The number of hydrogen-bond acceptors (Lipinski definition) is 10. The number of anilines is 2. The number of nitrogens with one attached hydrogen (secondary N) is 1. The van der Waals surface area contributed by atoms with Gasteiger partial charge in [-0.05, 0) is 19.1 Å². The minimum atomic E-state index is -0.349. The summed E-state index contributed by atoms with van der Waals surface area (Å²) in [5.74, 6) is 0.481. The smallest absolute Gasteiger partial charge is 0.274 e. The van der Waals surface area contributed by atoms with E-state index in [1.54, 1.807) is 6.07 Å². The Morgan fingerprint density at radius 3 is 2.57 bits per heavy atom. The molecule has 0 unspecified atom stereocenters. The average Bonchev–Trinajstić information content (AvgIpc) is 2.90. The summed E-state index contributed by atoms with van der Waals surface area (Å²) in [4.78, 5) is 31.4. The highest BCUT2D eigenvalue weighted by Crippen LogP contribution is 2.19. The molecule has 11 heteroatoms. The minimum absolute atomic E-state index is 0.232. The van der Waals surface area contributed by atoms with E-state index in [9.17, 15) is 4.79 Å². The van der Waals surface area contributed by atoms with Crippen LogP contribution in [0.15, 0.2) is 35.5 Å². The number of aromatic nitrogens is 2. The summed E-state index contributed by atoms with van der Waals surface area (Å²) < 4.78 is 16.8. The summed E-state index contributed by atoms with van der Waals surface area (Å²) in [6, 6.07) is 8.97. The molecule has 2 fully saturated rings. The van der Waals surface area contributed by atoms with Crippen molar-refractivity contribution in [1.82, 2.24) is 14.9 Å². The molecule has 2 aliphatic heterocycles. The maximum Gasteiger partial charge on any atom is 0.274 e. The molecule has 0 atom stereocenters. The first kappa shape index (κ1) is 24.8. The topological polar surface area (TPSA) is 111 Å². The fourth-order valence-corrected chi connectivity index (χ4v) is 3.82. The highest BCUT2D eigenvalue weighted by molar-refractivity contribution is 6.04. The van der Waals surface area contributed by atoms with Gasteiger partial charge in [0.05, 0.1) is 32.1 Å². The molecule has 4 rings (SSSR count). The molecule has 1 amide bonds. The standard InChI is InChI=1S/C24H32N6O5/c1-18(28-32-2)19-4-3-5-20(16-19)25-23(31)21-17-22(35-15-8-29-6-11-33-12-7-29)27-24(26-21)30-9-13-34-14-10-30/h3-5,16-17H,6-15H2,1-2H3,(H,25,31)/b28-18+. The normalized spacial score (nSPS) is 17.2. The van der Waals surface area contributed by atoms with Crippen LogP contribution >= 0.6 is 0 Å². The molecule has 3 heterocycles. The van der Waals surface area contributed by atoms with Crippen LogP contribution < -0.4 is 15.0 Å². The number of oxime groups is 1. The number of hydrogen-bond donors (Lipinski definition) is 1. The molecule has 0 aliphatic carbocycles. The van der Waals surface area contributed by atoms with Crippen molar-refractivity contribution in [2.45, 2.75) is 6.92 Å². The molecule has 1 aromatic carbocycles. The molecule has 1 N–H and O–H groups in total. The predicted octanol–water partition coefficient (Wildman–Crippen LogP) is 1.65. The van der Waals surface area contributed by atoms with Gasteiger partial charge >= 0.3 is 0 Å². The molecule has 0 spiro atoms. The summed E-state index contributed by atoms with van der Waals surface area (Å²) in [7, 11) is 1.50. The third kappa shape index (κ3) is 7.10. The van der Waals surface area contributed by atoms with Gasteiger partial charge in [-0.2, -0.15) is 4.98 Å². The lowest BCUT2D eigenvalue weighted by Crippen LogP contribution is -2.39. The Labute approximate surface area is 205 Å². The SMILES string of the molecule is CO/N=C(\C)c1cccc(NC(=O)c2cc(OCCN3CCOCC3)nc(N3CCOCC3)n2)c1. The molecule has 1 aromatic heterocycles. The van der Waals surface area contributed by atoms with Crippen molar-refractivity contribution in [1.29, 1.82) is 0 Å². The van der Waals surface area contributed by atoms with Crippen molar-refractivity contribution in [3.05, 3.63) is 41.6 Å². The van der Waals surface area contributed by atoms with Crippen LogP contribution in [-0.4, -0.2) is 99.4 Å². The van der Waals surface area contributed by atoms with Crippen molar-refractivity contribution in [3.8, 4) is 5.88 Å². The van der Waals surface area contributed by atoms with E-state index in [0.717, 1.165) is 38.4 Å². The van der Waals surface area contributed by atoms with Gasteiger partial charge < -0.3 is 29.3 Å². The number of ether oxygens (including phenoxy) is 3. The molecular formula is C24H32N6O5. The zero-order valence-corrected chi connectivity index (χ0v) is 20.2. The van der Waals surface area contributed by atoms with Crippen molar-refractivity contribution in [3.63, 3.8) is 0 Å². The predicted molar refractivity (Wildman–Crippen MR) is 131 cm³/mol. The van der Waals surface area contributed by atoms with Gasteiger partial charge in [-0.1, -0.05) is 17.3 Å². The highest BCUT2D eigenvalue weighted by atomic mass is 16.6. The largest absolute Gasteiger partial charge is 0.476 e. The van der Waals surface area contributed by atoms with Crippen LogP contribution in [0, 0.1) is 0 Å². The van der Waals surface area contributed by atoms with Crippen LogP contribution in [-0.2, 0) is 14.3 Å². The number of amides is 1. The van der Waals surface area contributed by atoms with Crippen LogP contribution in [0.4, 0.5) is 11.6 Å². The van der Waals surface area contributed by atoms with Crippen LogP contribution in [0.5, 0.6) is 5.88 Å². The van der Waals surface area contributed by atoms with Crippen LogP contribution in [0.3, 0.4) is 0 Å². The fraction of sp³-hybridized carbons (Fsp3) is 0.500. The van der Waals surface area contributed by atoms with Gasteiger partial charge in [-0.3, -0.25) is 9.69 Å². The number of morpholine rings is 2. The van der Waals surface area contributed by atoms with E-state index in [-0.39, 0.29) is 11.6 Å². The van der Waals surface area contributed by atoms with E-state index in [2.05, 4.69) is 25.3 Å². The second-order valence-corrected chi connectivity index (χ2v) is 8.19. The van der Waals surface area contributed by atoms with E-state index >= 15 is 0 Å². The molecule has 0 saturated carbocycles. The molecule has 2 saturated heterocycles. The van der Waals surface area contributed by atoms with Crippen molar-refractivity contribution in [2.75, 3.05) is 83.1 Å². The number of carbonyl (C=O) groups excluding carboxylic acids is 1. The molecular weight excluding hydrogens is 452 g/mol. The van der Waals surface area contributed by atoms with Crippen LogP contribution in [0.2, 0.25) is 0 Å². The third-order valence-electron chi connectivity index (χ3n) is 5.75. The van der Waals surface area contributed by atoms with Crippen molar-refractivity contribution in [2.24, 2.45) is 5.16 Å². The summed E-state index contributed by atoms with van der Waals surface area (Å²) in [6.45, 7) is 8.76. The quantitative estimate of drug-likeness (QED) is 0.419. The molecule has 188 valence electrons. The second kappa shape index (κ2) is 12.4. The lowest BCUT2D eigenvalue weighted by molar-refractivity contribution is 0.0320. The lowest BCUT2D eigenvalue weighted by atomic mass is 10.1. The Kier molecular flexibility index (Phi) is 8.82. The molecule has 11 nitrogen and oxygen atoms in total. The van der Waals surface area contributed by atoms with Gasteiger partial charge in [0.25, 0.3) is 5.91 Å². The Morgan fingerprint density at radius 2 is 1.83 bits per heavy atom. The molecule has 0 bridgehead atoms. The number of nitrogens with zero attached hydrogens (tertiary/aromatic N) is 5. The summed E-state index contributed by atoms with van der Waals surface area (Å²) in [6.07, 6.45) is 0. The van der Waals surface area contributed by atoms with E-state index in [4.69, 9.17) is 19.0 Å². The van der Waals surface area contributed by atoms with E-state index in [1.807, 2.05) is 36.1 Å². The molecule has 35 heavy (non-hydrogen) atoms. The number of rotatable bonds is 9. The van der Waals surface area contributed by atoms with Gasteiger partial charge in [0.2, 0.25) is 11.8 Å². The van der Waals surface area contributed by atoms with Gasteiger partial charge in [0.1, 0.15) is 19.4 Å². The van der Waals surface area contributed by atoms with Crippen molar-refractivity contribution < 1.29 is 23.8 Å². The van der Waals surface area contributed by atoms with E-state index in [0.29, 0.717) is 56.1 Å². The molecule has 0 radical (unpaired) electrons. The second-order valence-electron chi connectivity index (χ2n) is 8.19. The molecule has 2 aromatic rings. The Morgan fingerprint density at radius 1 is 1.09 bits per heavy atom. The third-order valence-corrected chi connectivity index (χ3v) is 5.75. The first-order chi connectivity index (χ1) is 17.1. The highest BCUT2D eigenvalue weighted by Gasteiger charge is 2.20. The first-order valence-corrected chi connectivity index (χ1v) is 11.8. The van der Waals surface area contributed by atoms with Gasteiger partial charge in [0, 0.05) is 50.0 Å². The van der Waals surface area contributed by atoms with Crippen molar-refractivity contribution >= 4 is 23.3 Å². The van der Waals surface area contributed by atoms with Gasteiger partial charge in [0.15, 0.2) is 0 Å². The first-order valence-electron chi connectivity index (χ1n) is 11.8. The van der Waals surface area contributed by atoms with E-state index < -0.39 is 0 Å². The number of benzene rings is 1. The molecule has 2 aliphatic rings. The van der Waals surface area contributed by atoms with Crippen LogP contribution in [0.25, 0.3) is 0 Å². The summed E-state index contributed by atoms with van der Waals surface area (Å²) in [5, 5.41) is 6.87. The van der Waals surface area contributed by atoms with Gasteiger partial charge in [-0.25, -0.2) is 4.98 Å². The average molecular weight is 485 g/mol. The zero-order valence-electron chi connectivity index (χ0n) is 20.2. The maximum atomic E-state index is 13.2. The lowest BCUT2D eigenvalue weighted by Gasteiger charge is -2.27. The minimum Gasteiger partial charge on any atom is -0.476 e. The monoisotopic (exact) mass is 484 g/mol. The Hall–Kier alpha value is -3.28. The zero-order chi connectivity index (χ0) is 24.5. The van der Waals surface area contributed by atoms with Crippen LogP contribution in [0.1, 0.15) is 23.0 Å². The maximum absolute atomic E-state index is 13.2. The Balaban J connectivity index is 1.49. The van der Waals surface area contributed by atoms with E-state index in [1.165, 1.54) is 7.11 Å². The number of carbonyl (C=O) groups is 1. The fourth-order valence-electron chi connectivity index (χ4n) is 3.82. The summed E-state index contributed by atoms with van der Waals surface area (Å²) in [5.41, 5.74) is 2.40. The Bertz CT molecular complexity index is 1020. The summed E-state index contributed by atoms with van der Waals surface area (Å²) >= 11 is 0.